The summed E-state index contributed by atoms with van der Waals surface area (Å²) in [5.74, 6) is 0. The summed E-state index contributed by atoms with van der Waals surface area (Å²) in [6, 6.07) is 7.94. The maximum absolute atomic E-state index is 11.0. The van der Waals surface area contributed by atoms with Crippen molar-refractivity contribution in [2.45, 2.75) is 46.1 Å². The smallest absolute Gasteiger partial charge is 0.125 e. The van der Waals surface area contributed by atoms with Gasteiger partial charge in [0.2, 0.25) is 0 Å². The van der Waals surface area contributed by atoms with Gasteiger partial charge < -0.3 is 9.90 Å². The molecule has 0 atom stereocenters. The predicted octanol–water partition coefficient (Wildman–Crippen LogP) is 3.07. The Morgan fingerprint density at radius 1 is 1.12 bits per heavy atom. The molecule has 17 heavy (non-hydrogen) atoms. The Bertz CT molecular complexity index is 374. The lowest BCUT2D eigenvalue weighted by Crippen LogP contribution is -2.27. The van der Waals surface area contributed by atoms with E-state index >= 15 is 0 Å². The lowest BCUT2D eigenvalue weighted by Gasteiger charge is -2.32. The van der Waals surface area contributed by atoms with E-state index in [0.29, 0.717) is 0 Å². The molecular weight excluding hydrogens is 212 g/mol. The summed E-state index contributed by atoms with van der Waals surface area (Å²) in [4.78, 5) is 11.0. The number of aliphatic hydroxyl groups excluding tert-OH is 1. The van der Waals surface area contributed by atoms with E-state index in [1.54, 1.807) is 0 Å². The van der Waals surface area contributed by atoms with Crippen molar-refractivity contribution in [1.29, 1.82) is 0 Å². The fourth-order valence-corrected chi connectivity index (χ4v) is 2.34. The Morgan fingerprint density at radius 3 is 2.06 bits per heavy atom. The van der Waals surface area contributed by atoms with E-state index in [1.165, 1.54) is 5.56 Å². The monoisotopic (exact) mass is 234 g/mol. The highest BCUT2D eigenvalue weighted by Crippen LogP contribution is 2.35. The largest absolute Gasteiger partial charge is 0.392 e. The van der Waals surface area contributed by atoms with Crippen molar-refractivity contribution in [3.63, 3.8) is 0 Å². The molecule has 1 rings (SSSR count). The van der Waals surface area contributed by atoms with Gasteiger partial charge in [0.1, 0.15) is 6.29 Å². The van der Waals surface area contributed by atoms with Gasteiger partial charge in [-0.1, -0.05) is 52.0 Å². The minimum Gasteiger partial charge on any atom is -0.392 e. The molecule has 1 aromatic carbocycles. The first-order chi connectivity index (χ1) is 7.80. The van der Waals surface area contributed by atoms with Crippen LogP contribution in [-0.4, -0.2) is 11.4 Å². The van der Waals surface area contributed by atoms with Crippen LogP contribution in [0.3, 0.4) is 0 Å². The van der Waals surface area contributed by atoms with E-state index < -0.39 is 0 Å². The first-order valence-corrected chi connectivity index (χ1v) is 5.97. The number of carbonyl (C=O) groups excluding carboxylic acids is 1. The highest BCUT2D eigenvalue weighted by molar-refractivity contribution is 5.58. The molecule has 0 saturated carbocycles. The van der Waals surface area contributed by atoms with Crippen LogP contribution < -0.4 is 0 Å². The standard InChI is InChI=1S/C15H22O2/c1-14(2,11-17)10-15(3,4)13-7-5-12(9-16)6-8-13/h5-8,11,16H,9-10H2,1-4H3. The van der Waals surface area contributed by atoms with Gasteiger partial charge in [-0.15, -0.1) is 0 Å². The number of aliphatic hydroxyl groups is 1. The number of hydrogen-bond acceptors (Lipinski definition) is 2. The van der Waals surface area contributed by atoms with Gasteiger partial charge in [-0.05, 0) is 23.0 Å². The number of carbonyl (C=O) groups is 1. The van der Waals surface area contributed by atoms with Crippen molar-refractivity contribution in [3.8, 4) is 0 Å². The lowest BCUT2D eigenvalue weighted by atomic mass is 9.72. The maximum atomic E-state index is 11.0. The van der Waals surface area contributed by atoms with Gasteiger partial charge in [0.15, 0.2) is 0 Å². The van der Waals surface area contributed by atoms with Crippen molar-refractivity contribution in [2.75, 3.05) is 0 Å². The summed E-state index contributed by atoms with van der Waals surface area (Å²) in [5, 5.41) is 9.01. The molecule has 2 heteroatoms. The second-order valence-corrected chi connectivity index (χ2v) is 6.02. The van der Waals surface area contributed by atoms with Gasteiger partial charge in [0.25, 0.3) is 0 Å². The third kappa shape index (κ3) is 3.67. The normalized spacial score (nSPS) is 12.5. The summed E-state index contributed by atoms with van der Waals surface area (Å²) in [6.45, 7) is 8.28. The Balaban J connectivity index is 2.92. The number of hydrogen-bond donors (Lipinski definition) is 1. The number of rotatable bonds is 5. The van der Waals surface area contributed by atoms with E-state index in [-0.39, 0.29) is 17.4 Å². The van der Waals surface area contributed by atoms with Crippen LogP contribution >= 0.6 is 0 Å². The maximum Gasteiger partial charge on any atom is 0.125 e. The van der Waals surface area contributed by atoms with E-state index in [4.69, 9.17) is 5.11 Å². The average molecular weight is 234 g/mol. The summed E-state index contributed by atoms with van der Waals surface area (Å²) in [7, 11) is 0. The molecule has 1 N–H and O–H groups in total. The van der Waals surface area contributed by atoms with Crippen LogP contribution in [0.5, 0.6) is 0 Å². The van der Waals surface area contributed by atoms with Crippen LogP contribution in [0.1, 0.15) is 45.2 Å². The van der Waals surface area contributed by atoms with Gasteiger partial charge in [-0.25, -0.2) is 0 Å². The van der Waals surface area contributed by atoms with Crippen molar-refractivity contribution >= 4 is 6.29 Å². The molecule has 0 spiro atoms. The molecular formula is C15H22O2. The Kier molecular flexibility index (Phi) is 4.10. The zero-order chi connectivity index (χ0) is 13.1. The second kappa shape index (κ2) is 5.01. The molecule has 0 bridgehead atoms. The Morgan fingerprint density at radius 2 is 1.65 bits per heavy atom. The molecule has 0 amide bonds. The molecule has 2 nitrogen and oxygen atoms in total. The number of benzene rings is 1. The third-order valence-corrected chi connectivity index (χ3v) is 3.13. The van der Waals surface area contributed by atoms with Gasteiger partial charge >= 0.3 is 0 Å². The molecule has 0 saturated heterocycles. The summed E-state index contributed by atoms with van der Waals surface area (Å²) < 4.78 is 0. The minimum atomic E-state index is -0.306. The quantitative estimate of drug-likeness (QED) is 0.795. The lowest BCUT2D eigenvalue weighted by molar-refractivity contribution is -0.115. The summed E-state index contributed by atoms with van der Waals surface area (Å²) in [6.07, 6.45) is 1.83. The van der Waals surface area contributed by atoms with Crippen molar-refractivity contribution in [1.82, 2.24) is 0 Å². The Labute approximate surface area is 104 Å². The van der Waals surface area contributed by atoms with Crippen LogP contribution in [0.25, 0.3) is 0 Å². The third-order valence-electron chi connectivity index (χ3n) is 3.13. The fourth-order valence-electron chi connectivity index (χ4n) is 2.34. The Hall–Kier alpha value is -1.15. The first-order valence-electron chi connectivity index (χ1n) is 5.97. The molecule has 94 valence electrons. The summed E-state index contributed by atoms with van der Waals surface area (Å²) >= 11 is 0. The van der Waals surface area contributed by atoms with Crippen LogP contribution in [0, 0.1) is 5.41 Å². The molecule has 0 aromatic heterocycles. The van der Waals surface area contributed by atoms with Crippen molar-refractivity contribution in [2.24, 2.45) is 5.41 Å². The van der Waals surface area contributed by atoms with E-state index in [9.17, 15) is 4.79 Å². The molecule has 0 aliphatic carbocycles. The van der Waals surface area contributed by atoms with Gasteiger partial charge in [0.05, 0.1) is 6.61 Å². The topological polar surface area (TPSA) is 37.3 Å². The van der Waals surface area contributed by atoms with Crippen molar-refractivity contribution < 1.29 is 9.90 Å². The molecule has 0 heterocycles. The zero-order valence-electron chi connectivity index (χ0n) is 11.2. The van der Waals surface area contributed by atoms with Crippen LogP contribution in [-0.2, 0) is 16.8 Å². The predicted molar refractivity (Wildman–Crippen MR) is 69.9 cm³/mol. The average Bonchev–Trinajstić information content (AvgIpc) is 2.28. The van der Waals surface area contributed by atoms with E-state index in [1.807, 2.05) is 38.1 Å². The fraction of sp³-hybridized carbons (Fsp3) is 0.533. The van der Waals surface area contributed by atoms with Crippen molar-refractivity contribution in [3.05, 3.63) is 35.4 Å². The molecule has 0 unspecified atom stereocenters. The van der Waals surface area contributed by atoms with E-state index in [2.05, 4.69) is 13.8 Å². The van der Waals surface area contributed by atoms with Gasteiger partial charge in [-0.3, -0.25) is 0 Å². The molecule has 0 aliphatic rings. The van der Waals surface area contributed by atoms with Crippen LogP contribution in [0.4, 0.5) is 0 Å². The SMILES string of the molecule is CC(C)(C=O)CC(C)(C)c1ccc(CO)cc1. The zero-order valence-corrected chi connectivity index (χ0v) is 11.2. The van der Waals surface area contributed by atoms with Crippen LogP contribution in [0.2, 0.25) is 0 Å². The van der Waals surface area contributed by atoms with Gasteiger partial charge in [-0.2, -0.15) is 0 Å². The molecule has 0 fully saturated rings. The second-order valence-electron chi connectivity index (χ2n) is 6.02. The van der Waals surface area contributed by atoms with Crippen LogP contribution in [0.15, 0.2) is 24.3 Å². The van der Waals surface area contributed by atoms with E-state index in [0.717, 1.165) is 18.3 Å². The molecule has 0 radical (unpaired) electrons. The first kappa shape index (κ1) is 13.9. The summed E-state index contributed by atoms with van der Waals surface area (Å²) in [5.41, 5.74) is 1.76. The highest BCUT2D eigenvalue weighted by atomic mass is 16.3. The number of aldehydes is 1. The minimum absolute atomic E-state index is 0.0433. The molecule has 1 aromatic rings. The van der Waals surface area contributed by atoms with Gasteiger partial charge in [0, 0.05) is 5.41 Å². The molecule has 0 aliphatic heterocycles. The highest BCUT2D eigenvalue weighted by Gasteiger charge is 2.29.